The summed E-state index contributed by atoms with van der Waals surface area (Å²) in [5.74, 6) is -0.0136. The van der Waals surface area contributed by atoms with Crippen LogP contribution in [-0.4, -0.2) is 19.0 Å². The van der Waals surface area contributed by atoms with E-state index in [2.05, 4.69) is 62.2 Å². The molecular formula is C23H30N2O. The summed E-state index contributed by atoms with van der Waals surface area (Å²) in [7, 11) is 0. The fraction of sp³-hybridized carbons (Fsp3) is 0.435. The second-order valence-electron chi connectivity index (χ2n) is 7.58. The smallest absolute Gasteiger partial charge is 0.251 e. The lowest BCUT2D eigenvalue weighted by Crippen LogP contribution is -2.29. The fourth-order valence-corrected chi connectivity index (χ4v) is 3.78. The highest BCUT2D eigenvalue weighted by molar-refractivity contribution is 5.94. The van der Waals surface area contributed by atoms with Gasteiger partial charge in [-0.25, -0.2) is 0 Å². The van der Waals surface area contributed by atoms with Crippen LogP contribution < -0.4 is 10.2 Å². The minimum absolute atomic E-state index is 0.0106. The maximum Gasteiger partial charge on any atom is 0.251 e. The van der Waals surface area contributed by atoms with E-state index in [0.29, 0.717) is 0 Å². The van der Waals surface area contributed by atoms with E-state index in [0.717, 1.165) is 18.7 Å². The first-order valence-electron chi connectivity index (χ1n) is 9.69. The molecule has 1 N–H and O–H groups in total. The molecule has 1 aliphatic heterocycles. The maximum atomic E-state index is 12.7. The van der Waals surface area contributed by atoms with Crippen molar-refractivity contribution >= 4 is 11.6 Å². The van der Waals surface area contributed by atoms with Crippen LogP contribution >= 0.6 is 0 Å². The highest BCUT2D eigenvalue weighted by Gasteiger charge is 2.15. The lowest BCUT2D eigenvalue weighted by molar-refractivity contribution is 0.0940. The van der Waals surface area contributed by atoms with Gasteiger partial charge in [0.1, 0.15) is 0 Å². The Kier molecular flexibility index (Phi) is 5.65. The van der Waals surface area contributed by atoms with Crippen LogP contribution in [0.5, 0.6) is 0 Å². The van der Waals surface area contributed by atoms with E-state index in [1.807, 2.05) is 12.1 Å². The largest absolute Gasteiger partial charge is 0.372 e. The number of aryl methyl sites for hydroxylation is 3. The molecule has 26 heavy (non-hydrogen) atoms. The van der Waals surface area contributed by atoms with Crippen molar-refractivity contribution in [3.8, 4) is 0 Å². The van der Waals surface area contributed by atoms with Gasteiger partial charge in [0.2, 0.25) is 0 Å². The monoisotopic (exact) mass is 350 g/mol. The third-order valence-electron chi connectivity index (χ3n) is 5.55. The number of amides is 1. The van der Waals surface area contributed by atoms with Crippen molar-refractivity contribution in [2.24, 2.45) is 0 Å². The third-order valence-corrected chi connectivity index (χ3v) is 5.55. The Morgan fingerprint density at radius 2 is 1.54 bits per heavy atom. The highest BCUT2D eigenvalue weighted by Crippen LogP contribution is 2.23. The minimum atomic E-state index is -0.0136. The van der Waals surface area contributed by atoms with Crippen molar-refractivity contribution < 1.29 is 4.79 Å². The Morgan fingerprint density at radius 1 is 0.923 bits per heavy atom. The van der Waals surface area contributed by atoms with E-state index >= 15 is 0 Å². The zero-order valence-electron chi connectivity index (χ0n) is 16.4. The quantitative estimate of drug-likeness (QED) is 0.832. The van der Waals surface area contributed by atoms with Crippen molar-refractivity contribution in [3.05, 3.63) is 64.2 Å². The van der Waals surface area contributed by atoms with Crippen LogP contribution in [0.2, 0.25) is 0 Å². The second-order valence-corrected chi connectivity index (χ2v) is 7.58. The second kappa shape index (κ2) is 7.94. The zero-order chi connectivity index (χ0) is 18.7. The molecule has 3 rings (SSSR count). The van der Waals surface area contributed by atoms with E-state index in [1.165, 1.54) is 47.2 Å². The number of hydrogen-bond donors (Lipinski definition) is 1. The Balaban J connectivity index is 1.68. The minimum Gasteiger partial charge on any atom is -0.372 e. The number of nitrogens with one attached hydrogen (secondary N) is 1. The molecule has 0 saturated carbocycles. The van der Waals surface area contributed by atoms with Gasteiger partial charge in [-0.2, -0.15) is 0 Å². The van der Waals surface area contributed by atoms with Gasteiger partial charge in [-0.3, -0.25) is 4.79 Å². The summed E-state index contributed by atoms with van der Waals surface area (Å²) in [5.41, 5.74) is 6.90. The molecule has 1 heterocycles. The number of hydrogen-bond acceptors (Lipinski definition) is 2. The summed E-state index contributed by atoms with van der Waals surface area (Å²) < 4.78 is 0. The van der Waals surface area contributed by atoms with Gasteiger partial charge in [-0.1, -0.05) is 12.1 Å². The zero-order valence-corrected chi connectivity index (χ0v) is 16.4. The van der Waals surface area contributed by atoms with Gasteiger partial charge in [0, 0.05) is 24.3 Å². The van der Waals surface area contributed by atoms with Crippen molar-refractivity contribution in [1.29, 1.82) is 0 Å². The first-order valence-corrected chi connectivity index (χ1v) is 9.69. The number of benzene rings is 2. The molecule has 0 radical (unpaired) electrons. The third kappa shape index (κ3) is 4.09. The van der Waals surface area contributed by atoms with E-state index in [-0.39, 0.29) is 11.9 Å². The van der Waals surface area contributed by atoms with Crippen LogP contribution in [0, 0.1) is 20.8 Å². The summed E-state index contributed by atoms with van der Waals surface area (Å²) in [6.45, 7) is 10.6. The number of piperidine rings is 1. The number of carbonyl (C=O) groups excluding carboxylic acids is 1. The molecule has 0 unspecified atom stereocenters. The van der Waals surface area contributed by atoms with Crippen LogP contribution in [0.3, 0.4) is 0 Å². The highest BCUT2D eigenvalue weighted by atomic mass is 16.1. The average molecular weight is 351 g/mol. The molecule has 3 nitrogen and oxygen atoms in total. The predicted octanol–water partition coefficient (Wildman–Crippen LogP) is 5.09. The number of anilines is 1. The molecule has 1 fully saturated rings. The lowest BCUT2D eigenvalue weighted by Gasteiger charge is -2.28. The SMILES string of the molecule is Cc1cc(C)c([C@H](C)NC(=O)c2ccc(N3CCCCC3)cc2)cc1C. The number of rotatable bonds is 4. The van der Waals surface area contributed by atoms with Gasteiger partial charge in [-0.15, -0.1) is 0 Å². The molecule has 2 aromatic carbocycles. The summed E-state index contributed by atoms with van der Waals surface area (Å²) >= 11 is 0. The maximum absolute atomic E-state index is 12.7. The van der Waals surface area contributed by atoms with Gasteiger partial charge in [0.15, 0.2) is 0 Å². The van der Waals surface area contributed by atoms with Crippen LogP contribution in [0.4, 0.5) is 5.69 Å². The van der Waals surface area contributed by atoms with Gasteiger partial charge < -0.3 is 10.2 Å². The number of carbonyl (C=O) groups is 1. The van der Waals surface area contributed by atoms with Crippen LogP contribution in [0.1, 0.15) is 64.8 Å². The van der Waals surface area contributed by atoms with E-state index in [9.17, 15) is 4.79 Å². The molecule has 1 atom stereocenters. The molecule has 0 aliphatic carbocycles. The van der Waals surface area contributed by atoms with Gasteiger partial charge in [0.05, 0.1) is 6.04 Å². The van der Waals surface area contributed by atoms with Gasteiger partial charge in [0.25, 0.3) is 5.91 Å². The standard InChI is InChI=1S/C23H30N2O/c1-16-14-18(3)22(15-17(16)2)19(4)24-23(26)20-8-10-21(11-9-20)25-12-6-5-7-13-25/h8-11,14-15,19H,5-7,12-13H2,1-4H3,(H,24,26)/t19-/m0/s1. The van der Waals surface area contributed by atoms with Gasteiger partial charge >= 0.3 is 0 Å². The Bertz CT molecular complexity index is 774. The molecular weight excluding hydrogens is 320 g/mol. The van der Waals surface area contributed by atoms with Crippen molar-refractivity contribution in [1.82, 2.24) is 5.32 Å². The first-order chi connectivity index (χ1) is 12.5. The fourth-order valence-electron chi connectivity index (χ4n) is 3.78. The van der Waals surface area contributed by atoms with E-state index in [1.54, 1.807) is 0 Å². The van der Waals surface area contributed by atoms with Crippen molar-refractivity contribution in [3.63, 3.8) is 0 Å². The molecule has 138 valence electrons. The Hall–Kier alpha value is -2.29. The summed E-state index contributed by atoms with van der Waals surface area (Å²) in [5, 5.41) is 3.15. The summed E-state index contributed by atoms with van der Waals surface area (Å²) in [4.78, 5) is 15.1. The molecule has 0 spiro atoms. The molecule has 1 saturated heterocycles. The molecule has 1 amide bonds. The average Bonchev–Trinajstić information content (AvgIpc) is 2.65. The van der Waals surface area contributed by atoms with E-state index in [4.69, 9.17) is 0 Å². The Morgan fingerprint density at radius 3 is 2.19 bits per heavy atom. The molecule has 0 aromatic heterocycles. The normalized spacial score (nSPS) is 15.6. The summed E-state index contributed by atoms with van der Waals surface area (Å²) in [6, 6.07) is 12.4. The molecule has 0 bridgehead atoms. The van der Waals surface area contributed by atoms with Crippen LogP contribution in [0.25, 0.3) is 0 Å². The van der Waals surface area contributed by atoms with Crippen molar-refractivity contribution in [2.75, 3.05) is 18.0 Å². The first kappa shape index (κ1) is 18.5. The van der Waals surface area contributed by atoms with Crippen molar-refractivity contribution in [2.45, 2.75) is 53.0 Å². The topological polar surface area (TPSA) is 32.3 Å². The molecule has 1 aliphatic rings. The van der Waals surface area contributed by atoms with Crippen LogP contribution in [-0.2, 0) is 0 Å². The molecule has 2 aromatic rings. The molecule has 3 heteroatoms. The number of nitrogens with zero attached hydrogens (tertiary/aromatic N) is 1. The summed E-state index contributed by atoms with van der Waals surface area (Å²) in [6.07, 6.45) is 3.84. The predicted molar refractivity (Wildman–Crippen MR) is 109 cm³/mol. The lowest BCUT2D eigenvalue weighted by atomic mass is 9.96. The Labute approximate surface area is 157 Å². The van der Waals surface area contributed by atoms with E-state index < -0.39 is 0 Å². The van der Waals surface area contributed by atoms with Gasteiger partial charge in [-0.05, 0) is 93.5 Å². The van der Waals surface area contributed by atoms with Crippen LogP contribution in [0.15, 0.2) is 36.4 Å².